The molecule has 1 aromatic rings. The molecule has 3 nitrogen and oxygen atoms in total. The van der Waals surface area contributed by atoms with Crippen molar-refractivity contribution in [1.82, 2.24) is 10.2 Å². The summed E-state index contributed by atoms with van der Waals surface area (Å²) in [5, 5.41) is 8.44. The standard InChI is InChI=1S/C11H16ClN3/c1-8-5-11(14-13-6-8)15-4-3-10(12)9(2)7-15/h5-6,9-10H,3-4,7H2,1-2H3. The molecule has 0 aliphatic carbocycles. The maximum absolute atomic E-state index is 6.19. The Morgan fingerprint density at radius 2 is 2.33 bits per heavy atom. The summed E-state index contributed by atoms with van der Waals surface area (Å²) in [6, 6.07) is 2.08. The van der Waals surface area contributed by atoms with Crippen LogP contribution in [0.3, 0.4) is 0 Å². The number of anilines is 1. The summed E-state index contributed by atoms with van der Waals surface area (Å²) in [5.41, 5.74) is 1.15. The predicted octanol–water partition coefficient (Wildman–Crippen LogP) is 2.24. The summed E-state index contributed by atoms with van der Waals surface area (Å²) < 4.78 is 0. The molecule has 15 heavy (non-hydrogen) atoms. The molecule has 1 fully saturated rings. The molecule has 4 heteroatoms. The van der Waals surface area contributed by atoms with E-state index in [1.165, 1.54) is 0 Å². The molecule has 0 bridgehead atoms. The Morgan fingerprint density at radius 1 is 1.53 bits per heavy atom. The second kappa shape index (κ2) is 4.35. The number of hydrogen-bond acceptors (Lipinski definition) is 3. The highest BCUT2D eigenvalue weighted by atomic mass is 35.5. The molecular weight excluding hydrogens is 210 g/mol. The Labute approximate surface area is 95.5 Å². The van der Waals surface area contributed by atoms with Crippen molar-refractivity contribution in [2.45, 2.75) is 25.6 Å². The van der Waals surface area contributed by atoms with Crippen molar-refractivity contribution in [1.29, 1.82) is 0 Å². The number of rotatable bonds is 1. The number of nitrogens with zero attached hydrogens (tertiary/aromatic N) is 3. The van der Waals surface area contributed by atoms with Crippen molar-refractivity contribution >= 4 is 17.4 Å². The van der Waals surface area contributed by atoms with Crippen LogP contribution in [0.4, 0.5) is 5.82 Å². The molecule has 0 aromatic carbocycles. The van der Waals surface area contributed by atoms with Crippen molar-refractivity contribution in [3.05, 3.63) is 17.8 Å². The molecule has 82 valence electrons. The molecule has 1 saturated heterocycles. The molecule has 1 aromatic heterocycles. The third-order valence-corrected chi connectivity index (χ3v) is 3.55. The lowest BCUT2D eigenvalue weighted by Gasteiger charge is -2.34. The fourth-order valence-corrected chi connectivity index (χ4v) is 2.11. The highest BCUT2D eigenvalue weighted by molar-refractivity contribution is 6.20. The Kier molecular flexibility index (Phi) is 3.10. The van der Waals surface area contributed by atoms with Gasteiger partial charge in [-0.3, -0.25) is 0 Å². The fourth-order valence-electron chi connectivity index (χ4n) is 1.93. The van der Waals surface area contributed by atoms with E-state index in [0.29, 0.717) is 11.3 Å². The molecule has 2 atom stereocenters. The van der Waals surface area contributed by atoms with Crippen LogP contribution in [0.15, 0.2) is 12.3 Å². The van der Waals surface area contributed by atoms with Gasteiger partial charge in [-0.15, -0.1) is 16.7 Å². The predicted molar refractivity (Wildman–Crippen MR) is 62.4 cm³/mol. The van der Waals surface area contributed by atoms with Gasteiger partial charge in [0, 0.05) is 18.5 Å². The topological polar surface area (TPSA) is 29.0 Å². The van der Waals surface area contributed by atoms with Gasteiger partial charge in [0.05, 0.1) is 6.20 Å². The summed E-state index contributed by atoms with van der Waals surface area (Å²) in [6.07, 6.45) is 2.81. The van der Waals surface area contributed by atoms with Crippen LogP contribution in [0.5, 0.6) is 0 Å². The van der Waals surface area contributed by atoms with Crippen LogP contribution in [0, 0.1) is 12.8 Å². The van der Waals surface area contributed by atoms with E-state index in [4.69, 9.17) is 11.6 Å². The highest BCUT2D eigenvalue weighted by Gasteiger charge is 2.25. The molecule has 1 aliphatic heterocycles. The van der Waals surface area contributed by atoms with Gasteiger partial charge in [0.25, 0.3) is 0 Å². The van der Waals surface area contributed by atoms with E-state index < -0.39 is 0 Å². The average Bonchev–Trinajstić information content (AvgIpc) is 2.22. The van der Waals surface area contributed by atoms with Crippen molar-refractivity contribution < 1.29 is 0 Å². The van der Waals surface area contributed by atoms with Gasteiger partial charge in [0.2, 0.25) is 0 Å². The van der Waals surface area contributed by atoms with Crippen LogP contribution >= 0.6 is 11.6 Å². The van der Waals surface area contributed by atoms with Gasteiger partial charge in [0.15, 0.2) is 5.82 Å². The van der Waals surface area contributed by atoms with Crippen LogP contribution in [0.2, 0.25) is 0 Å². The number of hydrogen-bond donors (Lipinski definition) is 0. The number of aromatic nitrogens is 2. The number of piperidine rings is 1. The zero-order chi connectivity index (χ0) is 10.8. The minimum atomic E-state index is 0.305. The normalized spacial score (nSPS) is 26.7. The van der Waals surface area contributed by atoms with Crippen LogP contribution < -0.4 is 4.90 Å². The monoisotopic (exact) mass is 225 g/mol. The highest BCUT2D eigenvalue weighted by Crippen LogP contribution is 2.24. The van der Waals surface area contributed by atoms with Crippen molar-refractivity contribution in [2.75, 3.05) is 18.0 Å². The van der Waals surface area contributed by atoms with Gasteiger partial charge in [-0.25, -0.2) is 0 Å². The quantitative estimate of drug-likeness (QED) is 0.687. The molecule has 0 radical (unpaired) electrons. The fraction of sp³-hybridized carbons (Fsp3) is 0.636. The second-order valence-electron chi connectivity index (χ2n) is 4.32. The van der Waals surface area contributed by atoms with Crippen LogP contribution in [0.1, 0.15) is 18.9 Å². The van der Waals surface area contributed by atoms with Crippen LogP contribution in [0.25, 0.3) is 0 Å². The summed E-state index contributed by atoms with van der Waals surface area (Å²) in [6.45, 7) is 6.19. The van der Waals surface area contributed by atoms with Gasteiger partial charge in [-0.2, -0.15) is 5.10 Å². The molecule has 2 rings (SSSR count). The minimum absolute atomic E-state index is 0.305. The number of halogens is 1. The Bertz CT molecular complexity index is 342. The minimum Gasteiger partial charge on any atom is -0.355 e. The maximum Gasteiger partial charge on any atom is 0.151 e. The number of alkyl halides is 1. The van der Waals surface area contributed by atoms with Gasteiger partial charge in [-0.1, -0.05) is 6.92 Å². The lowest BCUT2D eigenvalue weighted by molar-refractivity contribution is 0.451. The lowest BCUT2D eigenvalue weighted by atomic mass is 9.99. The zero-order valence-corrected chi connectivity index (χ0v) is 9.91. The summed E-state index contributed by atoms with van der Waals surface area (Å²) in [5.74, 6) is 1.49. The first-order chi connectivity index (χ1) is 7.16. The second-order valence-corrected chi connectivity index (χ2v) is 4.88. The summed E-state index contributed by atoms with van der Waals surface area (Å²) in [4.78, 5) is 2.27. The van der Waals surface area contributed by atoms with Gasteiger partial charge in [-0.05, 0) is 30.9 Å². The molecule has 0 amide bonds. The van der Waals surface area contributed by atoms with Crippen LogP contribution in [-0.4, -0.2) is 28.7 Å². The first-order valence-electron chi connectivity index (χ1n) is 5.35. The van der Waals surface area contributed by atoms with E-state index in [0.717, 1.165) is 30.9 Å². The SMILES string of the molecule is Cc1cnnc(N2CCC(Cl)C(C)C2)c1. The molecule has 0 saturated carbocycles. The van der Waals surface area contributed by atoms with Crippen molar-refractivity contribution in [3.63, 3.8) is 0 Å². The Balaban J connectivity index is 2.12. The zero-order valence-electron chi connectivity index (χ0n) is 9.15. The molecule has 2 heterocycles. The van der Waals surface area contributed by atoms with E-state index in [9.17, 15) is 0 Å². The molecular formula is C11H16ClN3. The van der Waals surface area contributed by atoms with Crippen LogP contribution in [-0.2, 0) is 0 Å². The maximum atomic E-state index is 6.19. The summed E-state index contributed by atoms with van der Waals surface area (Å²) >= 11 is 6.19. The first-order valence-corrected chi connectivity index (χ1v) is 5.79. The largest absolute Gasteiger partial charge is 0.355 e. The molecule has 2 unspecified atom stereocenters. The van der Waals surface area contributed by atoms with Gasteiger partial charge < -0.3 is 4.90 Å². The first kappa shape index (κ1) is 10.7. The van der Waals surface area contributed by atoms with Crippen molar-refractivity contribution in [3.8, 4) is 0 Å². The third-order valence-electron chi connectivity index (χ3n) is 2.90. The van der Waals surface area contributed by atoms with E-state index in [-0.39, 0.29) is 0 Å². The van der Waals surface area contributed by atoms with Gasteiger partial charge >= 0.3 is 0 Å². The molecule has 0 spiro atoms. The van der Waals surface area contributed by atoms with E-state index in [2.05, 4.69) is 28.1 Å². The smallest absolute Gasteiger partial charge is 0.151 e. The Morgan fingerprint density at radius 3 is 3.00 bits per heavy atom. The Hall–Kier alpha value is -0.830. The molecule has 0 N–H and O–H groups in total. The number of aryl methyl sites for hydroxylation is 1. The van der Waals surface area contributed by atoms with E-state index in [1.54, 1.807) is 6.20 Å². The van der Waals surface area contributed by atoms with E-state index >= 15 is 0 Å². The lowest BCUT2D eigenvalue weighted by Crippen LogP contribution is -2.40. The third kappa shape index (κ3) is 2.40. The average molecular weight is 226 g/mol. The van der Waals surface area contributed by atoms with Crippen molar-refractivity contribution in [2.24, 2.45) is 5.92 Å². The van der Waals surface area contributed by atoms with E-state index in [1.807, 2.05) is 6.92 Å². The summed E-state index contributed by atoms with van der Waals surface area (Å²) in [7, 11) is 0. The van der Waals surface area contributed by atoms with Gasteiger partial charge in [0.1, 0.15) is 0 Å². The molecule has 1 aliphatic rings.